The molecule has 54 heavy (non-hydrogen) atoms. The predicted molar refractivity (Wildman–Crippen MR) is 229 cm³/mol. The summed E-state index contributed by atoms with van der Waals surface area (Å²) in [5, 5.41) is 0. The number of unbranched alkanes of at least 4 members (excludes halogenated alkanes) is 27. The van der Waals surface area contributed by atoms with Crippen molar-refractivity contribution in [1.29, 1.82) is 0 Å². The molecule has 0 aliphatic rings. The van der Waals surface area contributed by atoms with E-state index in [1.165, 1.54) is 148 Å². The fraction of sp³-hybridized carbons (Fsp3) is 0.938. The fourth-order valence-electron chi connectivity index (χ4n) is 7.11. The fourth-order valence-corrected chi connectivity index (χ4v) is 7.11. The maximum atomic E-state index is 12.7. The smallest absolute Gasteiger partial charge is 0.306 e. The molecule has 0 aliphatic heterocycles. The molecule has 0 unspecified atom stereocenters. The van der Waals surface area contributed by atoms with Crippen molar-refractivity contribution in [3.05, 3.63) is 0 Å². The van der Waals surface area contributed by atoms with Crippen molar-refractivity contribution in [2.45, 2.75) is 265 Å². The summed E-state index contributed by atoms with van der Waals surface area (Å²) >= 11 is 0. The zero-order valence-corrected chi connectivity index (χ0v) is 36.8. The van der Waals surface area contributed by atoms with Crippen LogP contribution in [0.2, 0.25) is 0 Å². The van der Waals surface area contributed by atoms with Gasteiger partial charge in [-0.25, -0.2) is 0 Å². The van der Waals surface area contributed by atoms with Gasteiger partial charge in [-0.05, 0) is 31.1 Å². The summed E-state index contributed by atoms with van der Waals surface area (Å²) in [7, 11) is 0. The van der Waals surface area contributed by atoms with E-state index in [-0.39, 0.29) is 31.1 Å². The molecule has 0 heterocycles. The zero-order chi connectivity index (χ0) is 39.7. The molecule has 0 fully saturated rings. The summed E-state index contributed by atoms with van der Waals surface area (Å²) in [4.78, 5) is 37.7. The molecule has 0 aromatic heterocycles. The van der Waals surface area contributed by atoms with Crippen LogP contribution in [-0.2, 0) is 28.6 Å². The second kappa shape index (κ2) is 41.1. The van der Waals surface area contributed by atoms with Crippen molar-refractivity contribution >= 4 is 17.9 Å². The van der Waals surface area contributed by atoms with Crippen molar-refractivity contribution in [3.63, 3.8) is 0 Å². The van der Waals surface area contributed by atoms with Gasteiger partial charge in [-0.15, -0.1) is 0 Å². The number of hydrogen-bond donors (Lipinski definition) is 0. The summed E-state index contributed by atoms with van der Waals surface area (Å²) in [6.07, 6.45) is 39.6. The monoisotopic (exact) mass is 765 g/mol. The second-order valence-electron chi connectivity index (χ2n) is 17.3. The third-order valence-electron chi connectivity index (χ3n) is 10.7. The lowest BCUT2D eigenvalue weighted by atomic mass is 10.0. The Bertz CT molecular complexity index is 824. The summed E-state index contributed by atoms with van der Waals surface area (Å²) in [5.74, 6) is 0.733. The standard InChI is InChI=1S/C48H92O6/c1-6-7-8-9-10-11-12-16-19-22-28-33-38-46(49)52-41-45(54-48(51)40-35-30-25-24-27-32-37-44(4)5)42-53-47(50)39-34-29-23-20-17-14-13-15-18-21-26-31-36-43(2)3/h43-45H,6-42H2,1-5H3/t45-/m1/s1. The normalized spacial score (nSPS) is 12.1. The number of rotatable bonds is 42. The van der Waals surface area contributed by atoms with Crippen LogP contribution in [0.3, 0.4) is 0 Å². The number of carbonyl (C=O) groups is 3. The van der Waals surface area contributed by atoms with Crippen LogP contribution < -0.4 is 0 Å². The highest BCUT2D eigenvalue weighted by Crippen LogP contribution is 2.17. The van der Waals surface area contributed by atoms with E-state index in [4.69, 9.17) is 14.2 Å². The number of esters is 3. The van der Waals surface area contributed by atoms with Gasteiger partial charge in [-0.3, -0.25) is 14.4 Å². The second-order valence-corrected chi connectivity index (χ2v) is 17.3. The summed E-state index contributed by atoms with van der Waals surface area (Å²) in [5.41, 5.74) is 0. The van der Waals surface area contributed by atoms with Gasteiger partial charge in [0.05, 0.1) is 0 Å². The molecule has 0 bridgehead atoms. The van der Waals surface area contributed by atoms with Gasteiger partial charge in [0.1, 0.15) is 13.2 Å². The Morgan fingerprint density at radius 1 is 0.352 bits per heavy atom. The topological polar surface area (TPSA) is 78.9 Å². The summed E-state index contributed by atoms with van der Waals surface area (Å²) in [6, 6.07) is 0. The van der Waals surface area contributed by atoms with Crippen LogP contribution in [0.5, 0.6) is 0 Å². The first-order valence-electron chi connectivity index (χ1n) is 23.7. The lowest BCUT2D eigenvalue weighted by Crippen LogP contribution is -2.30. The quantitative estimate of drug-likeness (QED) is 0.0350. The number of hydrogen-bond acceptors (Lipinski definition) is 6. The van der Waals surface area contributed by atoms with E-state index in [9.17, 15) is 14.4 Å². The molecule has 320 valence electrons. The average molecular weight is 765 g/mol. The molecule has 6 heteroatoms. The molecule has 0 N–H and O–H groups in total. The maximum Gasteiger partial charge on any atom is 0.306 e. The molecule has 0 spiro atoms. The molecule has 6 nitrogen and oxygen atoms in total. The highest BCUT2D eigenvalue weighted by atomic mass is 16.6. The Labute approximate surface area is 336 Å². The van der Waals surface area contributed by atoms with Crippen molar-refractivity contribution in [2.24, 2.45) is 11.8 Å². The van der Waals surface area contributed by atoms with E-state index in [1.54, 1.807) is 0 Å². The van der Waals surface area contributed by atoms with Gasteiger partial charge in [0.25, 0.3) is 0 Å². The highest BCUT2D eigenvalue weighted by molar-refractivity contribution is 5.71. The van der Waals surface area contributed by atoms with Crippen molar-refractivity contribution in [2.75, 3.05) is 13.2 Å². The van der Waals surface area contributed by atoms with Gasteiger partial charge in [0, 0.05) is 19.3 Å². The SMILES string of the molecule is CCCCCCCCCCCCCCC(=O)OC[C@H](COC(=O)CCCCCCCCCCCCCCC(C)C)OC(=O)CCCCCCCCC(C)C. The van der Waals surface area contributed by atoms with E-state index < -0.39 is 6.10 Å². The van der Waals surface area contributed by atoms with Crippen LogP contribution in [0, 0.1) is 11.8 Å². The number of carbonyl (C=O) groups excluding carboxylic acids is 3. The minimum Gasteiger partial charge on any atom is -0.462 e. The van der Waals surface area contributed by atoms with E-state index in [2.05, 4.69) is 34.6 Å². The first-order valence-corrected chi connectivity index (χ1v) is 23.7. The number of ether oxygens (including phenoxy) is 3. The van der Waals surface area contributed by atoms with E-state index in [0.29, 0.717) is 19.3 Å². The van der Waals surface area contributed by atoms with Crippen LogP contribution in [0.25, 0.3) is 0 Å². The lowest BCUT2D eigenvalue weighted by molar-refractivity contribution is -0.167. The molecule has 0 rings (SSSR count). The lowest BCUT2D eigenvalue weighted by Gasteiger charge is -2.18. The van der Waals surface area contributed by atoms with Crippen LogP contribution in [0.15, 0.2) is 0 Å². The molecule has 0 aromatic carbocycles. The maximum absolute atomic E-state index is 12.7. The average Bonchev–Trinajstić information content (AvgIpc) is 3.14. The predicted octanol–water partition coefficient (Wildman–Crippen LogP) is 15.0. The van der Waals surface area contributed by atoms with Gasteiger partial charge in [0.2, 0.25) is 0 Å². The van der Waals surface area contributed by atoms with Gasteiger partial charge in [-0.2, -0.15) is 0 Å². The Kier molecular flexibility index (Phi) is 39.8. The molecule has 0 saturated heterocycles. The molecule has 0 amide bonds. The Morgan fingerprint density at radius 2 is 0.611 bits per heavy atom. The van der Waals surface area contributed by atoms with Crippen LogP contribution in [0.4, 0.5) is 0 Å². The van der Waals surface area contributed by atoms with Gasteiger partial charge < -0.3 is 14.2 Å². The summed E-state index contributed by atoms with van der Waals surface area (Å²) < 4.78 is 16.7. The van der Waals surface area contributed by atoms with Crippen LogP contribution in [0.1, 0.15) is 259 Å². The molecule has 1 atom stereocenters. The van der Waals surface area contributed by atoms with E-state index in [0.717, 1.165) is 69.6 Å². The molecular weight excluding hydrogens is 673 g/mol. The third kappa shape index (κ3) is 41.6. The Morgan fingerprint density at radius 3 is 0.907 bits per heavy atom. The molecular formula is C48H92O6. The minimum atomic E-state index is -0.761. The molecule has 0 aliphatic carbocycles. The first kappa shape index (κ1) is 52.4. The van der Waals surface area contributed by atoms with Gasteiger partial charge in [-0.1, -0.05) is 221 Å². The van der Waals surface area contributed by atoms with E-state index in [1.807, 2.05) is 0 Å². The third-order valence-corrected chi connectivity index (χ3v) is 10.7. The van der Waals surface area contributed by atoms with E-state index >= 15 is 0 Å². The van der Waals surface area contributed by atoms with Crippen molar-refractivity contribution in [3.8, 4) is 0 Å². The van der Waals surface area contributed by atoms with Crippen LogP contribution >= 0.6 is 0 Å². The molecule has 0 aromatic rings. The first-order chi connectivity index (χ1) is 26.2. The minimum absolute atomic E-state index is 0.0654. The molecule has 0 saturated carbocycles. The Hall–Kier alpha value is -1.59. The highest BCUT2D eigenvalue weighted by Gasteiger charge is 2.19. The molecule has 0 radical (unpaired) electrons. The zero-order valence-electron chi connectivity index (χ0n) is 36.8. The van der Waals surface area contributed by atoms with Crippen molar-refractivity contribution < 1.29 is 28.6 Å². The van der Waals surface area contributed by atoms with Crippen LogP contribution in [-0.4, -0.2) is 37.2 Å². The largest absolute Gasteiger partial charge is 0.462 e. The van der Waals surface area contributed by atoms with Crippen molar-refractivity contribution in [1.82, 2.24) is 0 Å². The van der Waals surface area contributed by atoms with Gasteiger partial charge in [0.15, 0.2) is 6.10 Å². The Balaban J connectivity index is 4.28. The van der Waals surface area contributed by atoms with Gasteiger partial charge >= 0.3 is 17.9 Å². The summed E-state index contributed by atoms with van der Waals surface area (Å²) in [6.45, 7) is 11.3.